The largest absolute Gasteiger partial charge is 0.493 e. The first-order chi connectivity index (χ1) is 12.0. The molecule has 0 spiro atoms. The van der Waals surface area contributed by atoms with Crippen LogP contribution in [0.4, 0.5) is 4.39 Å². The summed E-state index contributed by atoms with van der Waals surface area (Å²) in [5.74, 6) is 0.798. The van der Waals surface area contributed by atoms with E-state index in [0.29, 0.717) is 25.3 Å². The van der Waals surface area contributed by atoms with Gasteiger partial charge in [0.05, 0.1) is 18.0 Å². The molecule has 132 valence electrons. The number of rotatable bonds is 4. The fourth-order valence-corrected chi connectivity index (χ4v) is 4.76. The van der Waals surface area contributed by atoms with Gasteiger partial charge >= 0.3 is 0 Å². The van der Waals surface area contributed by atoms with Gasteiger partial charge < -0.3 is 9.47 Å². The van der Waals surface area contributed by atoms with Crippen molar-refractivity contribution in [1.29, 1.82) is 0 Å². The van der Waals surface area contributed by atoms with E-state index in [-0.39, 0.29) is 23.4 Å². The summed E-state index contributed by atoms with van der Waals surface area (Å²) in [4.78, 5) is 0.281. The Morgan fingerprint density at radius 2 is 2.08 bits per heavy atom. The maximum Gasteiger partial charge on any atom is 0.243 e. The molecule has 2 aromatic rings. The molecule has 2 aliphatic heterocycles. The Morgan fingerprint density at radius 3 is 2.92 bits per heavy atom. The maximum atomic E-state index is 13.2. The van der Waals surface area contributed by atoms with Crippen LogP contribution in [0.15, 0.2) is 47.4 Å². The molecule has 1 unspecified atom stereocenters. The normalized spacial score (nSPS) is 20.3. The molecule has 1 saturated heterocycles. The topological polar surface area (TPSA) is 55.8 Å². The second-order valence-corrected chi connectivity index (χ2v) is 8.15. The Bertz CT molecular complexity index is 900. The van der Waals surface area contributed by atoms with Gasteiger partial charge in [-0.3, -0.25) is 0 Å². The van der Waals surface area contributed by atoms with Gasteiger partial charge in [0.15, 0.2) is 0 Å². The van der Waals surface area contributed by atoms with Crippen molar-refractivity contribution >= 4 is 10.0 Å². The van der Waals surface area contributed by atoms with E-state index in [9.17, 15) is 12.8 Å². The molecular formula is C18H18FNO4S. The number of nitrogens with zero attached hydrogens (tertiary/aromatic N) is 1. The lowest BCUT2D eigenvalue weighted by Gasteiger charge is -2.18. The smallest absolute Gasteiger partial charge is 0.243 e. The van der Waals surface area contributed by atoms with Crippen LogP contribution in [0.2, 0.25) is 0 Å². The van der Waals surface area contributed by atoms with Crippen LogP contribution in [0.3, 0.4) is 0 Å². The zero-order valence-electron chi connectivity index (χ0n) is 13.5. The maximum absolute atomic E-state index is 13.2. The Labute approximate surface area is 146 Å². The summed E-state index contributed by atoms with van der Waals surface area (Å²) in [6, 6.07) is 10.9. The van der Waals surface area contributed by atoms with Gasteiger partial charge in [0.25, 0.3) is 0 Å². The fourth-order valence-electron chi connectivity index (χ4n) is 3.22. The van der Waals surface area contributed by atoms with Crippen molar-refractivity contribution in [2.24, 2.45) is 0 Å². The number of benzene rings is 2. The SMILES string of the molecule is O=S(=O)(c1ccc2c(c1)CCO2)N1CCC(Oc2cccc(F)c2)C1. The zero-order chi connectivity index (χ0) is 17.4. The van der Waals surface area contributed by atoms with E-state index in [4.69, 9.17) is 9.47 Å². The molecule has 0 saturated carbocycles. The van der Waals surface area contributed by atoms with Crippen molar-refractivity contribution < 1.29 is 22.3 Å². The van der Waals surface area contributed by atoms with Crippen LogP contribution in [0.5, 0.6) is 11.5 Å². The molecule has 7 heteroatoms. The first-order valence-corrected chi connectivity index (χ1v) is 9.64. The predicted molar refractivity (Wildman–Crippen MR) is 89.8 cm³/mol. The first kappa shape index (κ1) is 16.4. The third kappa shape index (κ3) is 3.21. The highest BCUT2D eigenvalue weighted by Gasteiger charge is 2.34. The second-order valence-electron chi connectivity index (χ2n) is 6.22. The Hall–Kier alpha value is -2.12. The monoisotopic (exact) mass is 363 g/mol. The molecule has 0 bridgehead atoms. The van der Waals surface area contributed by atoms with Crippen LogP contribution in [-0.4, -0.2) is 38.5 Å². The minimum atomic E-state index is -3.57. The molecule has 1 atom stereocenters. The van der Waals surface area contributed by atoms with Gasteiger partial charge in [-0.05, 0) is 42.3 Å². The van der Waals surface area contributed by atoms with Crippen LogP contribution >= 0.6 is 0 Å². The van der Waals surface area contributed by atoms with Crippen molar-refractivity contribution in [1.82, 2.24) is 4.31 Å². The fraction of sp³-hybridized carbons (Fsp3) is 0.333. The number of hydrogen-bond donors (Lipinski definition) is 0. The lowest BCUT2D eigenvalue weighted by molar-refractivity contribution is 0.214. The van der Waals surface area contributed by atoms with Gasteiger partial charge in [0.1, 0.15) is 23.4 Å². The molecule has 1 fully saturated rings. The third-order valence-corrected chi connectivity index (χ3v) is 6.37. The van der Waals surface area contributed by atoms with Gasteiger partial charge in [0, 0.05) is 19.0 Å². The highest BCUT2D eigenvalue weighted by Crippen LogP contribution is 2.30. The number of fused-ring (bicyclic) bond motifs is 1. The highest BCUT2D eigenvalue weighted by atomic mass is 32.2. The molecule has 0 aliphatic carbocycles. The van der Waals surface area contributed by atoms with Gasteiger partial charge in [-0.15, -0.1) is 0 Å². The average molecular weight is 363 g/mol. The summed E-state index contributed by atoms with van der Waals surface area (Å²) in [5, 5.41) is 0. The van der Waals surface area contributed by atoms with Crippen LogP contribution in [0.1, 0.15) is 12.0 Å². The minimum absolute atomic E-state index is 0.256. The molecule has 2 aliphatic rings. The van der Waals surface area contributed by atoms with Gasteiger partial charge in [-0.1, -0.05) is 6.07 Å². The van der Waals surface area contributed by atoms with E-state index in [1.165, 1.54) is 16.4 Å². The van der Waals surface area contributed by atoms with Crippen LogP contribution < -0.4 is 9.47 Å². The number of hydrogen-bond acceptors (Lipinski definition) is 4. The van der Waals surface area contributed by atoms with E-state index < -0.39 is 10.0 Å². The molecule has 25 heavy (non-hydrogen) atoms. The Kier molecular flexibility index (Phi) is 4.13. The summed E-state index contributed by atoms with van der Waals surface area (Å²) in [7, 11) is -3.57. The minimum Gasteiger partial charge on any atom is -0.493 e. The summed E-state index contributed by atoms with van der Waals surface area (Å²) in [5.41, 5.74) is 0.924. The van der Waals surface area contributed by atoms with Gasteiger partial charge in [0.2, 0.25) is 10.0 Å². The van der Waals surface area contributed by atoms with Gasteiger partial charge in [-0.2, -0.15) is 4.31 Å². The van der Waals surface area contributed by atoms with Crippen molar-refractivity contribution in [3.63, 3.8) is 0 Å². The molecule has 2 aromatic carbocycles. The van der Waals surface area contributed by atoms with Crippen LogP contribution in [0, 0.1) is 5.82 Å². The Morgan fingerprint density at radius 1 is 1.20 bits per heavy atom. The molecular weight excluding hydrogens is 345 g/mol. The van der Waals surface area contributed by atoms with Crippen LogP contribution in [-0.2, 0) is 16.4 Å². The van der Waals surface area contributed by atoms with Crippen molar-refractivity contribution in [3.8, 4) is 11.5 Å². The lowest BCUT2D eigenvalue weighted by Crippen LogP contribution is -2.31. The van der Waals surface area contributed by atoms with E-state index >= 15 is 0 Å². The number of ether oxygens (including phenoxy) is 2. The van der Waals surface area contributed by atoms with Crippen molar-refractivity contribution in [2.45, 2.75) is 23.8 Å². The highest BCUT2D eigenvalue weighted by molar-refractivity contribution is 7.89. The van der Waals surface area contributed by atoms with Crippen molar-refractivity contribution in [2.75, 3.05) is 19.7 Å². The molecule has 0 amide bonds. The van der Waals surface area contributed by atoms with Crippen LogP contribution in [0.25, 0.3) is 0 Å². The van der Waals surface area contributed by atoms with Crippen molar-refractivity contribution in [3.05, 3.63) is 53.8 Å². The summed E-state index contributed by atoms with van der Waals surface area (Å²) >= 11 is 0. The van der Waals surface area contributed by atoms with E-state index in [1.807, 2.05) is 0 Å². The third-order valence-electron chi connectivity index (χ3n) is 4.51. The van der Waals surface area contributed by atoms with E-state index in [2.05, 4.69) is 0 Å². The zero-order valence-corrected chi connectivity index (χ0v) is 14.3. The standard InChI is InChI=1S/C18H18FNO4S/c19-14-2-1-3-15(11-14)24-16-6-8-20(12-16)25(21,22)17-4-5-18-13(10-17)7-9-23-18/h1-5,10-11,16H,6-9,12H2. The summed E-state index contributed by atoms with van der Waals surface area (Å²) in [6.07, 6.45) is 1.02. The molecule has 0 radical (unpaired) electrons. The second kappa shape index (κ2) is 6.31. The van der Waals surface area contributed by atoms with E-state index in [0.717, 1.165) is 17.7 Å². The Balaban J connectivity index is 1.49. The van der Waals surface area contributed by atoms with Gasteiger partial charge in [-0.25, -0.2) is 12.8 Å². The summed E-state index contributed by atoms with van der Waals surface area (Å²) < 4.78 is 51.5. The molecule has 5 nitrogen and oxygen atoms in total. The quantitative estimate of drug-likeness (QED) is 0.838. The molecule has 0 N–H and O–H groups in total. The number of halogens is 1. The number of sulfonamides is 1. The molecule has 0 aromatic heterocycles. The average Bonchev–Trinajstić information content (AvgIpc) is 3.23. The predicted octanol–water partition coefficient (Wildman–Crippen LogP) is 2.60. The molecule has 2 heterocycles. The molecule has 4 rings (SSSR count). The summed E-state index contributed by atoms with van der Waals surface area (Å²) in [6.45, 7) is 1.23. The first-order valence-electron chi connectivity index (χ1n) is 8.20. The lowest BCUT2D eigenvalue weighted by atomic mass is 10.2. The van der Waals surface area contributed by atoms with E-state index in [1.54, 1.807) is 30.3 Å².